The average Bonchev–Trinajstić information content (AvgIpc) is 2.62. The lowest BCUT2D eigenvalue weighted by atomic mass is 9.88. The van der Waals surface area contributed by atoms with E-state index in [0.717, 1.165) is 0 Å². The number of halogens is 1. The van der Waals surface area contributed by atoms with Crippen molar-refractivity contribution in [1.82, 2.24) is 15.1 Å². The van der Waals surface area contributed by atoms with Gasteiger partial charge < -0.3 is 5.32 Å². The lowest BCUT2D eigenvalue weighted by Gasteiger charge is -2.28. The molecule has 3 rings (SSSR count). The fourth-order valence-electron chi connectivity index (χ4n) is 2.60. The molecule has 0 fully saturated rings. The van der Waals surface area contributed by atoms with E-state index in [1.807, 2.05) is 6.92 Å². The monoisotopic (exact) mass is 383 g/mol. The summed E-state index contributed by atoms with van der Waals surface area (Å²) in [5.41, 5.74) is 0.383. The highest BCUT2D eigenvalue weighted by Crippen LogP contribution is 2.20. The van der Waals surface area contributed by atoms with Crippen molar-refractivity contribution >= 4 is 28.3 Å². The molecule has 140 valence electrons. The number of carbonyl (C=O) groups excluding carboxylic acids is 1. The lowest BCUT2D eigenvalue weighted by molar-refractivity contribution is 0.0905. The number of aromatic nitrogens is 2. The topological polar surface area (TPSA) is 64.0 Å². The number of hydrogen-bond acceptors (Lipinski definition) is 3. The van der Waals surface area contributed by atoms with Gasteiger partial charge in [0.05, 0.1) is 11.1 Å². The van der Waals surface area contributed by atoms with Crippen molar-refractivity contribution in [3.63, 3.8) is 0 Å². The van der Waals surface area contributed by atoms with E-state index in [2.05, 4.69) is 31.2 Å². The van der Waals surface area contributed by atoms with Gasteiger partial charge in [0.25, 0.3) is 11.5 Å². The van der Waals surface area contributed by atoms with E-state index in [-0.39, 0.29) is 28.6 Å². The van der Waals surface area contributed by atoms with Gasteiger partial charge in [-0.2, -0.15) is 9.78 Å². The first-order chi connectivity index (χ1) is 12.7. The maximum Gasteiger partial charge on any atom is 0.279 e. The summed E-state index contributed by atoms with van der Waals surface area (Å²) in [5.74, 6) is -0.309. The van der Waals surface area contributed by atoms with Crippen LogP contribution >= 0.6 is 11.6 Å². The Bertz CT molecular complexity index is 1050. The summed E-state index contributed by atoms with van der Waals surface area (Å²) < 4.78 is 1.25. The SMILES string of the molecule is C[C@@H](NC(=O)c1nn(-c2ccc(Cl)cc2)c(=O)c2ccccc12)C(C)(C)C. The lowest BCUT2D eigenvalue weighted by Crippen LogP contribution is -2.42. The summed E-state index contributed by atoms with van der Waals surface area (Å²) >= 11 is 5.94. The van der Waals surface area contributed by atoms with E-state index in [1.54, 1.807) is 48.5 Å². The van der Waals surface area contributed by atoms with Gasteiger partial charge in [-0.25, -0.2) is 0 Å². The molecule has 0 spiro atoms. The molecule has 6 heteroatoms. The smallest absolute Gasteiger partial charge is 0.279 e. The fraction of sp³-hybridized carbons (Fsp3) is 0.286. The molecular weight excluding hydrogens is 362 g/mol. The second-order valence-electron chi connectivity index (χ2n) is 7.65. The highest BCUT2D eigenvalue weighted by atomic mass is 35.5. The number of carbonyl (C=O) groups is 1. The second kappa shape index (κ2) is 7.16. The van der Waals surface area contributed by atoms with Crippen LogP contribution in [0.15, 0.2) is 53.3 Å². The first kappa shape index (κ1) is 19.1. The van der Waals surface area contributed by atoms with Crippen molar-refractivity contribution in [1.29, 1.82) is 0 Å². The van der Waals surface area contributed by atoms with Crippen LogP contribution in [-0.4, -0.2) is 21.7 Å². The van der Waals surface area contributed by atoms with Crippen molar-refractivity contribution in [2.24, 2.45) is 5.41 Å². The number of amides is 1. The molecule has 3 aromatic rings. The zero-order valence-corrected chi connectivity index (χ0v) is 16.5. The first-order valence-corrected chi connectivity index (χ1v) is 9.15. The van der Waals surface area contributed by atoms with Gasteiger partial charge in [0, 0.05) is 16.5 Å². The first-order valence-electron chi connectivity index (χ1n) is 8.77. The van der Waals surface area contributed by atoms with Crippen molar-refractivity contribution < 1.29 is 4.79 Å². The zero-order valence-electron chi connectivity index (χ0n) is 15.8. The standard InChI is InChI=1S/C21H22ClN3O2/c1-13(21(2,3)4)23-19(26)18-16-7-5-6-8-17(16)20(27)25(24-18)15-11-9-14(22)10-12-15/h5-13H,1-4H3,(H,23,26)/t13-/m1/s1. The van der Waals surface area contributed by atoms with Crippen molar-refractivity contribution in [2.45, 2.75) is 33.7 Å². The predicted molar refractivity (Wildman–Crippen MR) is 109 cm³/mol. The van der Waals surface area contributed by atoms with Crippen LogP contribution in [0.25, 0.3) is 16.5 Å². The van der Waals surface area contributed by atoms with Crippen LogP contribution in [0.3, 0.4) is 0 Å². The minimum atomic E-state index is -0.309. The molecule has 0 unspecified atom stereocenters. The van der Waals surface area contributed by atoms with Gasteiger partial charge in [-0.1, -0.05) is 50.6 Å². The third-order valence-corrected chi connectivity index (χ3v) is 4.99. The molecule has 0 radical (unpaired) electrons. The number of nitrogens with zero attached hydrogens (tertiary/aromatic N) is 2. The van der Waals surface area contributed by atoms with E-state index >= 15 is 0 Å². The molecule has 0 aliphatic heterocycles. The Hall–Kier alpha value is -2.66. The Kier molecular flexibility index (Phi) is 5.07. The predicted octanol–water partition coefficient (Wildman–Crippen LogP) is 4.20. The van der Waals surface area contributed by atoms with Crippen LogP contribution in [-0.2, 0) is 0 Å². The maximum atomic E-state index is 13.0. The van der Waals surface area contributed by atoms with Gasteiger partial charge in [0.15, 0.2) is 5.69 Å². The van der Waals surface area contributed by atoms with E-state index in [9.17, 15) is 9.59 Å². The molecule has 1 amide bonds. The molecule has 0 saturated carbocycles. The van der Waals surface area contributed by atoms with E-state index in [1.165, 1.54) is 4.68 Å². The number of nitrogens with one attached hydrogen (secondary N) is 1. The molecule has 1 aromatic heterocycles. The molecule has 0 aliphatic rings. The van der Waals surface area contributed by atoms with Crippen LogP contribution in [0.5, 0.6) is 0 Å². The van der Waals surface area contributed by atoms with Crippen LogP contribution in [0.4, 0.5) is 0 Å². The molecule has 1 N–H and O–H groups in total. The summed E-state index contributed by atoms with van der Waals surface area (Å²) in [6, 6.07) is 13.7. The summed E-state index contributed by atoms with van der Waals surface area (Å²) in [4.78, 5) is 25.9. The highest BCUT2D eigenvalue weighted by molar-refractivity contribution is 6.30. The third kappa shape index (κ3) is 3.88. The summed E-state index contributed by atoms with van der Waals surface area (Å²) in [6.07, 6.45) is 0. The zero-order chi connectivity index (χ0) is 19.8. The Morgan fingerprint density at radius 1 is 1.07 bits per heavy atom. The van der Waals surface area contributed by atoms with E-state index in [4.69, 9.17) is 11.6 Å². The molecule has 1 atom stereocenters. The number of fused-ring (bicyclic) bond motifs is 1. The third-order valence-electron chi connectivity index (χ3n) is 4.74. The quantitative estimate of drug-likeness (QED) is 0.737. The number of hydrogen-bond donors (Lipinski definition) is 1. The Morgan fingerprint density at radius 2 is 1.67 bits per heavy atom. The second-order valence-corrected chi connectivity index (χ2v) is 8.09. The summed E-state index contributed by atoms with van der Waals surface area (Å²) in [7, 11) is 0. The maximum absolute atomic E-state index is 13.0. The van der Waals surface area contributed by atoms with Crippen molar-refractivity contribution in [3.05, 3.63) is 69.6 Å². The molecular formula is C21H22ClN3O2. The van der Waals surface area contributed by atoms with Gasteiger partial charge in [0.1, 0.15) is 0 Å². The molecule has 0 saturated heterocycles. The van der Waals surface area contributed by atoms with Crippen LogP contribution < -0.4 is 10.9 Å². The van der Waals surface area contributed by atoms with Crippen LogP contribution in [0.1, 0.15) is 38.2 Å². The van der Waals surface area contributed by atoms with E-state index < -0.39 is 0 Å². The molecule has 2 aromatic carbocycles. The Labute approximate surface area is 163 Å². The normalized spacial score (nSPS) is 12.8. The minimum absolute atomic E-state index is 0.0681. The largest absolute Gasteiger partial charge is 0.348 e. The van der Waals surface area contributed by atoms with Gasteiger partial charge in [-0.05, 0) is 42.7 Å². The fourth-order valence-corrected chi connectivity index (χ4v) is 2.72. The number of rotatable bonds is 3. The molecule has 0 aliphatic carbocycles. The molecule has 27 heavy (non-hydrogen) atoms. The highest BCUT2D eigenvalue weighted by Gasteiger charge is 2.24. The van der Waals surface area contributed by atoms with Gasteiger partial charge >= 0.3 is 0 Å². The molecule has 0 bridgehead atoms. The average molecular weight is 384 g/mol. The molecule has 1 heterocycles. The summed E-state index contributed by atoms with van der Waals surface area (Å²) in [5, 5.41) is 8.92. The van der Waals surface area contributed by atoms with Crippen LogP contribution in [0, 0.1) is 5.41 Å². The van der Waals surface area contributed by atoms with E-state index in [0.29, 0.717) is 21.5 Å². The van der Waals surface area contributed by atoms with Crippen molar-refractivity contribution in [3.8, 4) is 5.69 Å². The van der Waals surface area contributed by atoms with Crippen molar-refractivity contribution in [2.75, 3.05) is 0 Å². The van der Waals surface area contributed by atoms with Gasteiger partial charge in [-0.15, -0.1) is 0 Å². The Balaban J connectivity index is 2.17. The van der Waals surface area contributed by atoms with Crippen LogP contribution in [0.2, 0.25) is 5.02 Å². The Morgan fingerprint density at radius 3 is 2.26 bits per heavy atom. The molecule has 5 nitrogen and oxygen atoms in total. The van der Waals surface area contributed by atoms with Gasteiger partial charge in [0.2, 0.25) is 0 Å². The summed E-state index contributed by atoms with van der Waals surface area (Å²) in [6.45, 7) is 8.11. The number of benzene rings is 2. The minimum Gasteiger partial charge on any atom is -0.348 e. The van der Waals surface area contributed by atoms with Gasteiger partial charge in [-0.3, -0.25) is 9.59 Å².